The number of hydrogen-bond donors (Lipinski definition) is 1. The minimum atomic E-state index is -3.36. The Labute approximate surface area is 131 Å². The fourth-order valence-corrected chi connectivity index (χ4v) is 3.75. The van der Waals surface area contributed by atoms with Crippen molar-refractivity contribution in [2.24, 2.45) is 10.7 Å². The van der Waals surface area contributed by atoms with E-state index in [-0.39, 0.29) is 5.75 Å². The summed E-state index contributed by atoms with van der Waals surface area (Å²) >= 11 is 0. The molecule has 122 valence electrons. The molecule has 0 aromatic heterocycles. The number of sulfone groups is 1. The molecule has 0 radical (unpaired) electrons. The van der Waals surface area contributed by atoms with E-state index in [1.54, 1.807) is 31.2 Å². The number of aliphatic imine (C=N–C) groups is 1. The Morgan fingerprint density at radius 2 is 1.91 bits per heavy atom. The lowest BCUT2D eigenvalue weighted by atomic mass is 10.2. The Hall–Kier alpha value is -1.60. The zero-order valence-corrected chi connectivity index (χ0v) is 13.8. The summed E-state index contributed by atoms with van der Waals surface area (Å²) in [5.74, 6) is 0.330. The average Bonchev–Trinajstić information content (AvgIpc) is 2.48. The molecule has 0 amide bonds. The first-order valence-electron chi connectivity index (χ1n) is 7.34. The van der Waals surface area contributed by atoms with Crippen molar-refractivity contribution in [3.8, 4) is 0 Å². The van der Waals surface area contributed by atoms with Crippen molar-refractivity contribution < 1.29 is 13.2 Å². The molecular weight excluding hydrogens is 302 g/mol. The minimum absolute atomic E-state index is 0.0545. The van der Waals surface area contributed by atoms with E-state index >= 15 is 0 Å². The number of guanidine groups is 1. The molecule has 1 fully saturated rings. The van der Waals surface area contributed by atoms with Gasteiger partial charge in [0.2, 0.25) is 0 Å². The highest BCUT2D eigenvalue weighted by atomic mass is 32.2. The zero-order valence-electron chi connectivity index (χ0n) is 13.0. The van der Waals surface area contributed by atoms with Crippen LogP contribution in [0.5, 0.6) is 0 Å². The quantitative estimate of drug-likeness (QED) is 0.654. The number of morpholine rings is 1. The molecule has 0 spiro atoms. The van der Waals surface area contributed by atoms with Gasteiger partial charge in [0.1, 0.15) is 0 Å². The van der Waals surface area contributed by atoms with E-state index in [0.29, 0.717) is 37.2 Å². The highest BCUT2D eigenvalue weighted by Gasteiger charge is 2.19. The Morgan fingerprint density at radius 1 is 1.32 bits per heavy atom. The highest BCUT2D eigenvalue weighted by Crippen LogP contribution is 2.14. The molecule has 1 saturated heterocycles. The van der Waals surface area contributed by atoms with Crippen LogP contribution >= 0.6 is 0 Å². The van der Waals surface area contributed by atoms with Crippen molar-refractivity contribution in [2.45, 2.75) is 24.8 Å². The number of aryl methyl sites for hydroxylation is 1. The van der Waals surface area contributed by atoms with E-state index in [9.17, 15) is 8.42 Å². The van der Waals surface area contributed by atoms with E-state index < -0.39 is 15.9 Å². The summed E-state index contributed by atoms with van der Waals surface area (Å²) in [7, 11) is -3.36. The van der Waals surface area contributed by atoms with E-state index in [0.717, 1.165) is 5.56 Å². The fourth-order valence-electron chi connectivity index (χ4n) is 2.30. The molecular formula is C15H23N3O3S. The third kappa shape index (κ3) is 4.45. The highest BCUT2D eigenvalue weighted by molar-refractivity contribution is 7.91. The zero-order chi connectivity index (χ0) is 16.2. The first-order valence-corrected chi connectivity index (χ1v) is 8.99. The van der Waals surface area contributed by atoms with Crippen molar-refractivity contribution in [3.05, 3.63) is 29.8 Å². The molecule has 1 aliphatic heterocycles. The standard InChI is InChI=1S/C15H23N3O3S/c1-12-3-5-14(6-4-12)22(19,20)11-13(2)17-15(16)18-7-9-21-10-8-18/h3-6,13H,7-11H2,1-2H3,(H2,16,17). The number of benzene rings is 1. The number of rotatable bonds is 4. The lowest BCUT2D eigenvalue weighted by molar-refractivity contribution is 0.0673. The van der Waals surface area contributed by atoms with Crippen molar-refractivity contribution in [3.63, 3.8) is 0 Å². The largest absolute Gasteiger partial charge is 0.378 e. The molecule has 1 atom stereocenters. The molecule has 0 aliphatic carbocycles. The Bertz CT molecular complexity index is 620. The lowest BCUT2D eigenvalue weighted by Gasteiger charge is -2.28. The molecule has 6 nitrogen and oxygen atoms in total. The Kier molecular flexibility index (Phi) is 5.42. The van der Waals surface area contributed by atoms with Gasteiger partial charge in [0.05, 0.1) is 29.9 Å². The smallest absolute Gasteiger partial charge is 0.191 e. The van der Waals surface area contributed by atoms with E-state index in [1.807, 2.05) is 11.8 Å². The second-order valence-electron chi connectivity index (χ2n) is 5.53. The summed E-state index contributed by atoms with van der Waals surface area (Å²) in [6.07, 6.45) is 0. The maximum absolute atomic E-state index is 12.4. The molecule has 1 aromatic carbocycles. The minimum Gasteiger partial charge on any atom is -0.378 e. The van der Waals surface area contributed by atoms with Crippen LogP contribution in [0.25, 0.3) is 0 Å². The maximum atomic E-state index is 12.4. The van der Waals surface area contributed by atoms with Gasteiger partial charge in [0, 0.05) is 13.1 Å². The summed E-state index contributed by atoms with van der Waals surface area (Å²) in [5, 5.41) is 0. The second kappa shape index (κ2) is 7.11. The molecule has 1 unspecified atom stereocenters. The van der Waals surface area contributed by atoms with Gasteiger partial charge in [-0.25, -0.2) is 13.4 Å². The van der Waals surface area contributed by atoms with Gasteiger partial charge in [0.25, 0.3) is 0 Å². The van der Waals surface area contributed by atoms with Gasteiger partial charge in [-0.1, -0.05) is 17.7 Å². The Morgan fingerprint density at radius 3 is 2.50 bits per heavy atom. The third-order valence-electron chi connectivity index (χ3n) is 3.53. The van der Waals surface area contributed by atoms with Crippen molar-refractivity contribution in [1.29, 1.82) is 0 Å². The first-order chi connectivity index (χ1) is 10.4. The van der Waals surface area contributed by atoms with Gasteiger partial charge in [-0.3, -0.25) is 0 Å². The van der Waals surface area contributed by atoms with Crippen LogP contribution in [0.15, 0.2) is 34.2 Å². The van der Waals surface area contributed by atoms with Crippen molar-refractivity contribution >= 4 is 15.8 Å². The summed E-state index contributed by atoms with van der Waals surface area (Å²) in [6, 6.07) is 6.46. The SMILES string of the molecule is Cc1ccc(S(=O)(=O)CC(C)N=C(N)N2CCOCC2)cc1. The summed E-state index contributed by atoms with van der Waals surface area (Å²) < 4.78 is 30.0. The summed E-state index contributed by atoms with van der Waals surface area (Å²) in [4.78, 5) is 6.55. The van der Waals surface area contributed by atoms with Gasteiger partial charge in [-0.05, 0) is 26.0 Å². The Balaban J connectivity index is 2.03. The first kappa shape index (κ1) is 16.8. The molecule has 1 heterocycles. The van der Waals surface area contributed by atoms with Crippen LogP contribution in [0.3, 0.4) is 0 Å². The van der Waals surface area contributed by atoms with Gasteiger partial charge in [-0.2, -0.15) is 0 Å². The molecule has 2 N–H and O–H groups in total. The van der Waals surface area contributed by atoms with Crippen molar-refractivity contribution in [1.82, 2.24) is 4.90 Å². The predicted molar refractivity (Wildman–Crippen MR) is 86.7 cm³/mol. The molecule has 0 saturated carbocycles. The van der Waals surface area contributed by atoms with Gasteiger partial charge >= 0.3 is 0 Å². The average molecular weight is 325 g/mol. The van der Waals surface area contributed by atoms with Crippen LogP contribution in [0.1, 0.15) is 12.5 Å². The number of ether oxygens (including phenoxy) is 1. The van der Waals surface area contributed by atoms with Gasteiger partial charge in [0.15, 0.2) is 15.8 Å². The van der Waals surface area contributed by atoms with Gasteiger partial charge in [-0.15, -0.1) is 0 Å². The van der Waals surface area contributed by atoms with Crippen LogP contribution < -0.4 is 5.73 Å². The summed E-state index contributed by atoms with van der Waals surface area (Å²) in [5.41, 5.74) is 6.98. The molecule has 7 heteroatoms. The van der Waals surface area contributed by atoms with Crippen LogP contribution in [-0.2, 0) is 14.6 Å². The van der Waals surface area contributed by atoms with Crippen LogP contribution in [-0.4, -0.2) is 57.4 Å². The molecule has 22 heavy (non-hydrogen) atoms. The van der Waals surface area contributed by atoms with E-state index in [1.165, 1.54) is 0 Å². The topological polar surface area (TPSA) is 85.0 Å². The normalized spacial score (nSPS) is 18.3. The van der Waals surface area contributed by atoms with E-state index in [2.05, 4.69) is 4.99 Å². The number of hydrogen-bond acceptors (Lipinski definition) is 4. The maximum Gasteiger partial charge on any atom is 0.191 e. The monoisotopic (exact) mass is 325 g/mol. The molecule has 2 rings (SSSR count). The third-order valence-corrected chi connectivity index (χ3v) is 5.44. The lowest BCUT2D eigenvalue weighted by Crippen LogP contribution is -2.45. The number of nitrogens with zero attached hydrogens (tertiary/aromatic N) is 2. The van der Waals surface area contributed by atoms with Crippen LogP contribution in [0.4, 0.5) is 0 Å². The van der Waals surface area contributed by atoms with E-state index in [4.69, 9.17) is 10.5 Å². The molecule has 1 aromatic rings. The summed E-state index contributed by atoms with van der Waals surface area (Å²) in [6.45, 7) is 6.30. The molecule has 0 bridgehead atoms. The van der Waals surface area contributed by atoms with Crippen LogP contribution in [0, 0.1) is 6.92 Å². The fraction of sp³-hybridized carbons (Fsp3) is 0.533. The van der Waals surface area contributed by atoms with Crippen LogP contribution in [0.2, 0.25) is 0 Å². The van der Waals surface area contributed by atoms with Gasteiger partial charge < -0.3 is 15.4 Å². The predicted octanol–water partition coefficient (Wildman–Crippen LogP) is 0.804. The second-order valence-corrected chi connectivity index (χ2v) is 7.56. The number of nitrogens with two attached hydrogens (primary N) is 1. The molecule has 1 aliphatic rings. The van der Waals surface area contributed by atoms with Crippen molar-refractivity contribution in [2.75, 3.05) is 32.1 Å².